The highest BCUT2D eigenvalue weighted by Gasteiger charge is 2.09. The number of phenolic OH excluding ortho intramolecular Hbond substituents is 1. The van der Waals surface area contributed by atoms with E-state index in [0.29, 0.717) is 24.3 Å². The van der Waals surface area contributed by atoms with Crippen LogP contribution in [0.1, 0.15) is 18.9 Å². The Morgan fingerprint density at radius 3 is 2.94 bits per heavy atom. The molecule has 0 saturated heterocycles. The molecule has 0 bridgehead atoms. The van der Waals surface area contributed by atoms with Crippen molar-refractivity contribution in [1.82, 2.24) is 5.32 Å². The van der Waals surface area contributed by atoms with Gasteiger partial charge in [-0.2, -0.15) is 0 Å². The molecule has 0 aliphatic carbocycles. The number of anilines is 1. The van der Waals surface area contributed by atoms with Gasteiger partial charge < -0.3 is 20.9 Å². The molecule has 0 aromatic heterocycles. The van der Waals surface area contributed by atoms with Crippen LogP contribution in [-0.2, 0) is 16.1 Å². The van der Waals surface area contributed by atoms with Crippen LogP contribution in [0.5, 0.6) is 5.75 Å². The van der Waals surface area contributed by atoms with Gasteiger partial charge in [0, 0.05) is 37.9 Å². The number of phenols is 1. The molecule has 100 valence electrons. The highest BCUT2D eigenvalue weighted by Crippen LogP contribution is 2.19. The maximum absolute atomic E-state index is 11.6. The van der Waals surface area contributed by atoms with Gasteiger partial charge in [-0.25, -0.2) is 0 Å². The molecule has 0 heterocycles. The fourth-order valence-electron chi connectivity index (χ4n) is 1.67. The molecule has 1 atom stereocenters. The van der Waals surface area contributed by atoms with E-state index in [-0.39, 0.29) is 24.1 Å². The summed E-state index contributed by atoms with van der Waals surface area (Å²) in [5.74, 6) is 0.236. The Morgan fingerprint density at radius 1 is 1.56 bits per heavy atom. The minimum Gasteiger partial charge on any atom is -0.508 e. The van der Waals surface area contributed by atoms with Gasteiger partial charge in [0.05, 0.1) is 0 Å². The van der Waals surface area contributed by atoms with Gasteiger partial charge in [0.1, 0.15) is 5.75 Å². The molecule has 0 fully saturated rings. The summed E-state index contributed by atoms with van der Waals surface area (Å²) in [7, 11) is 1.61. The maximum Gasteiger partial charge on any atom is 0.220 e. The maximum atomic E-state index is 11.6. The molecule has 4 N–H and O–H groups in total. The molecule has 1 rings (SSSR count). The Labute approximate surface area is 107 Å². The Balaban J connectivity index is 2.45. The number of ether oxygens (including phenoxy) is 1. The lowest BCUT2D eigenvalue weighted by atomic mass is 10.1. The summed E-state index contributed by atoms with van der Waals surface area (Å²) in [4.78, 5) is 11.6. The van der Waals surface area contributed by atoms with Crippen molar-refractivity contribution in [2.24, 2.45) is 5.92 Å². The molecular weight excluding hydrogens is 232 g/mol. The lowest BCUT2D eigenvalue weighted by molar-refractivity contribution is -0.122. The third-order valence-electron chi connectivity index (χ3n) is 2.56. The molecule has 1 amide bonds. The van der Waals surface area contributed by atoms with Gasteiger partial charge in [0.2, 0.25) is 5.91 Å². The number of hydrogen-bond donors (Lipinski definition) is 3. The van der Waals surface area contributed by atoms with E-state index in [1.807, 2.05) is 6.92 Å². The van der Waals surface area contributed by atoms with Crippen LogP contribution in [0.15, 0.2) is 18.2 Å². The Kier molecular flexibility index (Phi) is 5.45. The van der Waals surface area contributed by atoms with E-state index >= 15 is 0 Å². The van der Waals surface area contributed by atoms with E-state index < -0.39 is 0 Å². The van der Waals surface area contributed by atoms with Crippen LogP contribution in [0.25, 0.3) is 0 Å². The third kappa shape index (κ3) is 4.63. The number of carbonyl (C=O) groups is 1. The van der Waals surface area contributed by atoms with Crippen LogP contribution >= 0.6 is 0 Å². The molecule has 18 heavy (non-hydrogen) atoms. The van der Waals surface area contributed by atoms with Crippen LogP contribution < -0.4 is 11.1 Å². The summed E-state index contributed by atoms with van der Waals surface area (Å²) in [6.45, 7) is 2.77. The second-order valence-corrected chi connectivity index (χ2v) is 4.43. The second-order valence-electron chi connectivity index (χ2n) is 4.43. The molecule has 0 spiro atoms. The minimum atomic E-state index is -0.0682. The molecule has 0 saturated carbocycles. The molecule has 1 aromatic rings. The predicted molar refractivity (Wildman–Crippen MR) is 70.0 cm³/mol. The fraction of sp³-hybridized carbons (Fsp3) is 0.462. The van der Waals surface area contributed by atoms with Crippen LogP contribution in [-0.4, -0.2) is 24.7 Å². The zero-order valence-corrected chi connectivity index (χ0v) is 10.8. The molecular formula is C13H20N2O3. The van der Waals surface area contributed by atoms with Crippen LogP contribution in [0.3, 0.4) is 0 Å². The fourth-order valence-corrected chi connectivity index (χ4v) is 1.67. The van der Waals surface area contributed by atoms with Crippen molar-refractivity contribution in [3.8, 4) is 5.75 Å². The molecule has 5 nitrogen and oxygen atoms in total. The number of methoxy groups -OCH3 is 1. The lowest BCUT2D eigenvalue weighted by Crippen LogP contribution is -2.25. The average Bonchev–Trinajstić information content (AvgIpc) is 2.30. The summed E-state index contributed by atoms with van der Waals surface area (Å²) in [5, 5.41) is 12.3. The monoisotopic (exact) mass is 252 g/mol. The molecule has 1 aromatic carbocycles. The highest BCUT2D eigenvalue weighted by molar-refractivity contribution is 5.76. The first-order valence-electron chi connectivity index (χ1n) is 5.86. The van der Waals surface area contributed by atoms with Gasteiger partial charge in [0.25, 0.3) is 0 Å². The zero-order valence-electron chi connectivity index (χ0n) is 10.8. The Hall–Kier alpha value is -1.75. The SMILES string of the molecule is COCC(C)CC(=O)NCc1cc(N)ccc1O. The third-order valence-corrected chi connectivity index (χ3v) is 2.56. The van der Waals surface area contributed by atoms with Gasteiger partial charge in [0.15, 0.2) is 0 Å². The number of nitrogens with one attached hydrogen (secondary N) is 1. The van der Waals surface area contributed by atoms with Crippen molar-refractivity contribution < 1.29 is 14.6 Å². The Morgan fingerprint density at radius 2 is 2.28 bits per heavy atom. The summed E-state index contributed by atoms with van der Waals surface area (Å²) in [6.07, 6.45) is 0.400. The summed E-state index contributed by atoms with van der Waals surface area (Å²) < 4.78 is 4.97. The number of carbonyl (C=O) groups excluding carboxylic acids is 1. The molecule has 1 unspecified atom stereocenters. The standard InChI is InChI=1S/C13H20N2O3/c1-9(8-18-2)5-13(17)15-7-10-6-11(14)3-4-12(10)16/h3-4,6,9,16H,5,7-8,14H2,1-2H3,(H,15,17). The molecule has 0 aliphatic heterocycles. The molecule has 5 heteroatoms. The van der Waals surface area contributed by atoms with E-state index in [9.17, 15) is 9.90 Å². The van der Waals surface area contributed by atoms with Crippen molar-refractivity contribution in [2.75, 3.05) is 19.5 Å². The molecule has 0 aliphatic rings. The number of benzene rings is 1. The normalized spacial score (nSPS) is 12.1. The van der Waals surface area contributed by atoms with E-state index in [0.717, 1.165) is 0 Å². The van der Waals surface area contributed by atoms with E-state index in [1.165, 1.54) is 6.07 Å². The van der Waals surface area contributed by atoms with Crippen molar-refractivity contribution in [3.63, 3.8) is 0 Å². The summed E-state index contributed by atoms with van der Waals surface area (Å²) in [5.41, 5.74) is 6.79. The Bertz CT molecular complexity index is 407. The van der Waals surface area contributed by atoms with Crippen molar-refractivity contribution in [2.45, 2.75) is 19.9 Å². The number of nitrogens with two attached hydrogens (primary N) is 1. The zero-order chi connectivity index (χ0) is 13.5. The quantitative estimate of drug-likeness (QED) is 0.525. The first-order valence-corrected chi connectivity index (χ1v) is 5.86. The number of aromatic hydroxyl groups is 1. The van der Waals surface area contributed by atoms with E-state index in [4.69, 9.17) is 10.5 Å². The number of rotatable bonds is 6. The molecule has 0 radical (unpaired) electrons. The van der Waals surface area contributed by atoms with Crippen molar-refractivity contribution in [3.05, 3.63) is 23.8 Å². The number of amides is 1. The second kappa shape index (κ2) is 6.86. The smallest absolute Gasteiger partial charge is 0.220 e. The summed E-state index contributed by atoms with van der Waals surface area (Å²) >= 11 is 0. The average molecular weight is 252 g/mol. The number of nitrogen functional groups attached to an aromatic ring is 1. The highest BCUT2D eigenvalue weighted by atomic mass is 16.5. The van der Waals surface area contributed by atoms with Crippen molar-refractivity contribution >= 4 is 11.6 Å². The number of hydrogen-bond acceptors (Lipinski definition) is 4. The first kappa shape index (κ1) is 14.3. The van der Waals surface area contributed by atoms with Crippen LogP contribution in [0.4, 0.5) is 5.69 Å². The van der Waals surface area contributed by atoms with E-state index in [2.05, 4.69) is 5.32 Å². The van der Waals surface area contributed by atoms with Crippen LogP contribution in [0.2, 0.25) is 0 Å². The van der Waals surface area contributed by atoms with Gasteiger partial charge in [-0.3, -0.25) is 4.79 Å². The van der Waals surface area contributed by atoms with Crippen molar-refractivity contribution in [1.29, 1.82) is 0 Å². The predicted octanol–water partition coefficient (Wildman–Crippen LogP) is 1.26. The lowest BCUT2D eigenvalue weighted by Gasteiger charge is -2.11. The van der Waals surface area contributed by atoms with Gasteiger partial charge in [-0.15, -0.1) is 0 Å². The van der Waals surface area contributed by atoms with E-state index in [1.54, 1.807) is 19.2 Å². The van der Waals surface area contributed by atoms with Crippen LogP contribution in [0, 0.1) is 5.92 Å². The van der Waals surface area contributed by atoms with Gasteiger partial charge >= 0.3 is 0 Å². The van der Waals surface area contributed by atoms with Gasteiger partial charge in [-0.05, 0) is 24.1 Å². The van der Waals surface area contributed by atoms with Gasteiger partial charge in [-0.1, -0.05) is 6.92 Å². The topological polar surface area (TPSA) is 84.6 Å². The first-order chi connectivity index (χ1) is 8.52. The summed E-state index contributed by atoms with van der Waals surface area (Å²) in [6, 6.07) is 4.78. The largest absolute Gasteiger partial charge is 0.508 e. The minimum absolute atomic E-state index is 0.0682.